The van der Waals surface area contributed by atoms with Gasteiger partial charge in [-0.25, -0.2) is 10.4 Å². The summed E-state index contributed by atoms with van der Waals surface area (Å²) >= 11 is 11.2. The molecule has 1 heterocycles. The first kappa shape index (κ1) is 11.3. The first-order valence-electron chi connectivity index (χ1n) is 4.34. The van der Waals surface area contributed by atoms with Gasteiger partial charge in [0.15, 0.2) is 0 Å². The van der Waals surface area contributed by atoms with Crippen molar-refractivity contribution >= 4 is 23.2 Å². The highest BCUT2D eigenvalue weighted by molar-refractivity contribution is 6.36. The molecule has 0 spiro atoms. The Labute approximate surface area is 89.2 Å². The van der Waals surface area contributed by atoms with Crippen LogP contribution in [0.1, 0.15) is 0 Å². The number of rotatable bonds is 3. The topological polar surface area (TPSA) is 18.5 Å². The van der Waals surface area contributed by atoms with E-state index in [1.165, 1.54) is 5.54 Å². The molecule has 0 radical (unpaired) electrons. The van der Waals surface area contributed by atoms with Crippen molar-refractivity contribution in [1.29, 1.82) is 0 Å². The number of hydrazine groups is 1. The maximum atomic E-state index is 5.74. The van der Waals surface area contributed by atoms with Crippen LogP contribution in [0.15, 0.2) is 10.6 Å². The molecule has 0 amide bonds. The fourth-order valence-electron chi connectivity index (χ4n) is 1.19. The molecule has 1 saturated heterocycles. The summed E-state index contributed by atoms with van der Waals surface area (Å²) in [4.78, 5) is 2.30. The van der Waals surface area contributed by atoms with Crippen LogP contribution in [0, 0.1) is 0 Å². The van der Waals surface area contributed by atoms with Crippen molar-refractivity contribution in [3.05, 3.63) is 10.6 Å². The van der Waals surface area contributed by atoms with E-state index in [2.05, 4.69) is 22.4 Å². The van der Waals surface area contributed by atoms with Gasteiger partial charge in [-0.05, 0) is 7.05 Å². The molecule has 76 valence electrons. The van der Waals surface area contributed by atoms with Gasteiger partial charge in [0.05, 0.1) is 0 Å². The predicted molar refractivity (Wildman–Crippen MR) is 56.9 cm³/mol. The van der Waals surface area contributed by atoms with Crippen LogP contribution in [-0.4, -0.2) is 49.7 Å². The number of piperazine rings is 1. The fourth-order valence-corrected chi connectivity index (χ4v) is 1.33. The molecule has 0 atom stereocenters. The summed E-state index contributed by atoms with van der Waals surface area (Å²) in [6, 6.07) is 0. The summed E-state index contributed by atoms with van der Waals surface area (Å²) in [5.74, 6) is 0. The van der Waals surface area contributed by atoms with Gasteiger partial charge in [-0.15, -0.1) is 0 Å². The third kappa shape index (κ3) is 4.29. The van der Waals surface area contributed by atoms with Crippen LogP contribution in [0.25, 0.3) is 0 Å². The monoisotopic (exact) mass is 223 g/mol. The molecule has 13 heavy (non-hydrogen) atoms. The van der Waals surface area contributed by atoms with E-state index < -0.39 is 0 Å². The molecule has 0 aromatic rings. The minimum Gasteiger partial charge on any atom is -0.304 e. The second kappa shape index (κ2) is 5.83. The van der Waals surface area contributed by atoms with E-state index >= 15 is 0 Å². The summed E-state index contributed by atoms with van der Waals surface area (Å²) in [5.41, 5.74) is 4.61. The van der Waals surface area contributed by atoms with Gasteiger partial charge < -0.3 is 4.90 Å². The van der Waals surface area contributed by atoms with Crippen molar-refractivity contribution in [1.82, 2.24) is 15.3 Å². The number of hydrogen-bond donors (Lipinski definition) is 1. The van der Waals surface area contributed by atoms with Crippen LogP contribution in [0.5, 0.6) is 0 Å². The molecule has 0 bridgehead atoms. The Hall–Kier alpha value is 0.200. The molecule has 5 heteroatoms. The molecule has 1 aliphatic heterocycles. The lowest BCUT2D eigenvalue weighted by atomic mass is 10.4. The highest BCUT2D eigenvalue weighted by Crippen LogP contribution is 2.02. The largest absolute Gasteiger partial charge is 0.304 e. The number of nitrogens with one attached hydrogen (secondary N) is 1. The van der Waals surface area contributed by atoms with Crippen LogP contribution < -0.4 is 5.43 Å². The van der Waals surface area contributed by atoms with E-state index in [-0.39, 0.29) is 0 Å². The summed E-state index contributed by atoms with van der Waals surface area (Å²) in [7, 11) is 2.13. The SMILES string of the molecule is CN1CCN(NCC(Cl)=CCl)CC1. The van der Waals surface area contributed by atoms with E-state index in [0.717, 1.165) is 26.2 Å². The lowest BCUT2D eigenvalue weighted by Crippen LogP contribution is -2.50. The zero-order valence-corrected chi connectivity index (χ0v) is 9.28. The van der Waals surface area contributed by atoms with Crippen LogP contribution in [-0.2, 0) is 0 Å². The van der Waals surface area contributed by atoms with Gasteiger partial charge >= 0.3 is 0 Å². The molecule has 0 aromatic carbocycles. The molecule has 1 fully saturated rings. The minimum absolute atomic E-state index is 0.620. The minimum atomic E-state index is 0.620. The average molecular weight is 224 g/mol. The third-order valence-corrected chi connectivity index (χ3v) is 2.71. The van der Waals surface area contributed by atoms with Gasteiger partial charge in [0.25, 0.3) is 0 Å². The van der Waals surface area contributed by atoms with Crippen molar-refractivity contribution in [3.8, 4) is 0 Å². The van der Waals surface area contributed by atoms with Crippen molar-refractivity contribution in [2.24, 2.45) is 0 Å². The highest BCUT2D eigenvalue weighted by atomic mass is 35.5. The Morgan fingerprint density at radius 1 is 1.38 bits per heavy atom. The van der Waals surface area contributed by atoms with Crippen molar-refractivity contribution in [3.63, 3.8) is 0 Å². The first-order chi connectivity index (χ1) is 6.22. The Bertz CT molecular complexity index is 176. The van der Waals surface area contributed by atoms with Crippen molar-refractivity contribution in [2.45, 2.75) is 0 Å². The fraction of sp³-hybridized carbons (Fsp3) is 0.750. The Morgan fingerprint density at radius 2 is 2.00 bits per heavy atom. The van der Waals surface area contributed by atoms with Gasteiger partial charge in [0, 0.05) is 43.3 Å². The summed E-state index contributed by atoms with van der Waals surface area (Å²) in [5, 5.41) is 2.81. The standard InChI is InChI=1S/C8H15Cl2N3/c1-12-2-4-13(5-3-12)11-7-8(10)6-9/h6,11H,2-5,7H2,1H3. The second-order valence-corrected chi connectivity index (χ2v) is 3.88. The number of nitrogens with zero attached hydrogens (tertiary/aromatic N) is 2. The second-order valence-electron chi connectivity index (χ2n) is 3.18. The normalized spacial score (nSPS) is 22.2. The van der Waals surface area contributed by atoms with E-state index in [1.54, 1.807) is 0 Å². The lowest BCUT2D eigenvalue weighted by molar-refractivity contribution is 0.109. The molecular weight excluding hydrogens is 209 g/mol. The third-order valence-electron chi connectivity index (χ3n) is 2.09. The molecule has 0 unspecified atom stereocenters. The number of halogens is 2. The molecule has 0 saturated carbocycles. The molecule has 3 nitrogen and oxygen atoms in total. The van der Waals surface area contributed by atoms with Crippen LogP contribution in [0.2, 0.25) is 0 Å². The smallest absolute Gasteiger partial charge is 0.0470 e. The average Bonchev–Trinajstić information content (AvgIpc) is 2.16. The zero-order chi connectivity index (χ0) is 9.68. The lowest BCUT2D eigenvalue weighted by Gasteiger charge is -2.32. The van der Waals surface area contributed by atoms with E-state index in [0.29, 0.717) is 11.6 Å². The molecule has 0 aliphatic carbocycles. The maximum Gasteiger partial charge on any atom is 0.0470 e. The summed E-state index contributed by atoms with van der Waals surface area (Å²) in [6.45, 7) is 4.87. The van der Waals surface area contributed by atoms with E-state index in [1.807, 2.05) is 0 Å². The van der Waals surface area contributed by atoms with Gasteiger partial charge in [-0.3, -0.25) is 0 Å². The number of likely N-dealkylation sites (N-methyl/N-ethyl adjacent to an activating group) is 1. The molecule has 1 aliphatic rings. The van der Waals surface area contributed by atoms with Gasteiger partial charge in [0.1, 0.15) is 0 Å². The van der Waals surface area contributed by atoms with Crippen LogP contribution >= 0.6 is 23.2 Å². The summed E-state index contributed by atoms with van der Waals surface area (Å²) < 4.78 is 0. The van der Waals surface area contributed by atoms with E-state index in [4.69, 9.17) is 23.2 Å². The summed E-state index contributed by atoms with van der Waals surface area (Å²) in [6.07, 6.45) is 0. The van der Waals surface area contributed by atoms with Crippen molar-refractivity contribution < 1.29 is 0 Å². The van der Waals surface area contributed by atoms with Crippen molar-refractivity contribution in [2.75, 3.05) is 39.8 Å². The molecule has 1 N–H and O–H groups in total. The Morgan fingerprint density at radius 3 is 2.54 bits per heavy atom. The molecule has 0 aromatic heterocycles. The van der Waals surface area contributed by atoms with Gasteiger partial charge in [0.2, 0.25) is 0 Å². The maximum absolute atomic E-state index is 5.74. The molecular formula is C8H15Cl2N3. The predicted octanol–water partition coefficient (Wildman–Crippen LogP) is 1.06. The van der Waals surface area contributed by atoms with E-state index in [9.17, 15) is 0 Å². The van der Waals surface area contributed by atoms with Crippen LogP contribution in [0.4, 0.5) is 0 Å². The molecule has 1 rings (SSSR count). The Kier molecular flexibility index (Phi) is 5.06. The Balaban J connectivity index is 2.16. The van der Waals surface area contributed by atoms with Crippen LogP contribution in [0.3, 0.4) is 0 Å². The van der Waals surface area contributed by atoms with Gasteiger partial charge in [-0.1, -0.05) is 23.2 Å². The highest BCUT2D eigenvalue weighted by Gasteiger charge is 2.12. The number of hydrogen-bond acceptors (Lipinski definition) is 3. The zero-order valence-electron chi connectivity index (χ0n) is 7.76. The first-order valence-corrected chi connectivity index (χ1v) is 5.15. The van der Waals surface area contributed by atoms with Gasteiger partial charge in [-0.2, -0.15) is 0 Å². The quantitative estimate of drug-likeness (QED) is 0.773.